The van der Waals surface area contributed by atoms with Crippen LogP contribution in [-0.4, -0.2) is 29.7 Å². The van der Waals surface area contributed by atoms with Crippen molar-refractivity contribution in [2.75, 3.05) is 6.61 Å². The van der Waals surface area contributed by atoms with Crippen LogP contribution in [0.2, 0.25) is 0 Å². The molecule has 1 saturated heterocycles. The van der Waals surface area contributed by atoms with Gasteiger partial charge >= 0.3 is 0 Å². The van der Waals surface area contributed by atoms with Crippen molar-refractivity contribution in [1.82, 2.24) is 0 Å². The normalized spacial score (nSPS) is 27.8. The number of aliphatic hydroxyl groups excluding tert-OH is 1. The summed E-state index contributed by atoms with van der Waals surface area (Å²) >= 11 is 0. The third-order valence-electron chi connectivity index (χ3n) is 3.51. The highest BCUT2D eigenvalue weighted by Crippen LogP contribution is 2.37. The average molecular weight is 230 g/mol. The van der Waals surface area contributed by atoms with Gasteiger partial charge in [0.2, 0.25) is 0 Å². The van der Waals surface area contributed by atoms with Crippen LogP contribution in [0.15, 0.2) is 0 Å². The van der Waals surface area contributed by atoms with E-state index in [2.05, 4.69) is 20.8 Å². The number of hydrogen-bond donors (Lipinski definition) is 1. The van der Waals surface area contributed by atoms with Gasteiger partial charge in [0.15, 0.2) is 5.79 Å². The van der Waals surface area contributed by atoms with E-state index >= 15 is 0 Å². The Bertz CT molecular complexity index is 223. The van der Waals surface area contributed by atoms with Crippen LogP contribution in [0.3, 0.4) is 0 Å². The van der Waals surface area contributed by atoms with Gasteiger partial charge in [-0.25, -0.2) is 0 Å². The lowest BCUT2D eigenvalue weighted by molar-refractivity contribution is -0.298. The maximum Gasteiger partial charge on any atom is 0.163 e. The van der Waals surface area contributed by atoms with E-state index in [0.717, 1.165) is 19.3 Å². The van der Waals surface area contributed by atoms with Crippen molar-refractivity contribution in [2.24, 2.45) is 5.41 Å². The quantitative estimate of drug-likeness (QED) is 0.807. The SMILES string of the molecule is CCCC(O)C(C)(C)[C@@H]1CCOC(C)(C)O1. The van der Waals surface area contributed by atoms with Crippen molar-refractivity contribution in [3.05, 3.63) is 0 Å². The molecule has 1 aliphatic rings. The van der Waals surface area contributed by atoms with Gasteiger partial charge in [-0.15, -0.1) is 0 Å². The summed E-state index contributed by atoms with van der Waals surface area (Å²) in [5.74, 6) is -0.522. The van der Waals surface area contributed by atoms with Gasteiger partial charge in [0, 0.05) is 5.41 Å². The van der Waals surface area contributed by atoms with Crippen molar-refractivity contribution < 1.29 is 14.6 Å². The summed E-state index contributed by atoms with van der Waals surface area (Å²) in [6.45, 7) is 10.8. The van der Waals surface area contributed by atoms with E-state index in [1.54, 1.807) is 0 Å². The summed E-state index contributed by atoms with van der Waals surface area (Å²) in [5, 5.41) is 10.2. The van der Waals surface area contributed by atoms with E-state index in [1.807, 2.05) is 13.8 Å². The van der Waals surface area contributed by atoms with Crippen LogP contribution in [0.25, 0.3) is 0 Å². The molecule has 0 radical (unpaired) electrons. The van der Waals surface area contributed by atoms with Crippen molar-refractivity contribution in [3.63, 3.8) is 0 Å². The van der Waals surface area contributed by atoms with E-state index < -0.39 is 5.79 Å². The van der Waals surface area contributed by atoms with Crippen LogP contribution in [0.4, 0.5) is 0 Å². The standard InChI is InChI=1S/C13H26O3/c1-6-7-10(14)12(2,3)11-8-9-15-13(4,5)16-11/h10-11,14H,6-9H2,1-5H3/t10?,11-/m0/s1. The minimum Gasteiger partial charge on any atom is -0.392 e. The van der Waals surface area contributed by atoms with Crippen molar-refractivity contribution in [1.29, 1.82) is 0 Å². The summed E-state index contributed by atoms with van der Waals surface area (Å²) in [7, 11) is 0. The Kier molecular flexibility index (Phi) is 4.38. The van der Waals surface area contributed by atoms with Gasteiger partial charge in [-0.05, 0) is 26.7 Å². The average Bonchev–Trinajstić information content (AvgIpc) is 2.16. The molecule has 96 valence electrons. The molecule has 1 fully saturated rings. The molecule has 3 heteroatoms. The maximum absolute atomic E-state index is 10.2. The predicted molar refractivity (Wildman–Crippen MR) is 64.2 cm³/mol. The molecule has 0 aromatic heterocycles. The number of rotatable bonds is 4. The third kappa shape index (κ3) is 3.19. The van der Waals surface area contributed by atoms with Crippen molar-refractivity contribution in [3.8, 4) is 0 Å². The van der Waals surface area contributed by atoms with Gasteiger partial charge < -0.3 is 14.6 Å². The van der Waals surface area contributed by atoms with Gasteiger partial charge in [0.05, 0.1) is 18.8 Å². The Labute approximate surface area is 99.1 Å². The topological polar surface area (TPSA) is 38.7 Å². The summed E-state index contributed by atoms with van der Waals surface area (Å²) in [5.41, 5.74) is -0.211. The maximum atomic E-state index is 10.2. The smallest absolute Gasteiger partial charge is 0.163 e. The summed E-state index contributed by atoms with van der Waals surface area (Å²) in [6, 6.07) is 0. The van der Waals surface area contributed by atoms with Gasteiger partial charge in [-0.1, -0.05) is 27.2 Å². The zero-order valence-electron chi connectivity index (χ0n) is 11.2. The monoisotopic (exact) mass is 230 g/mol. The van der Waals surface area contributed by atoms with Crippen LogP contribution >= 0.6 is 0 Å². The molecule has 0 spiro atoms. The van der Waals surface area contributed by atoms with Gasteiger partial charge in [0.1, 0.15) is 0 Å². The van der Waals surface area contributed by atoms with E-state index in [9.17, 15) is 5.11 Å². The molecule has 1 aliphatic heterocycles. The van der Waals surface area contributed by atoms with Gasteiger partial charge in [0.25, 0.3) is 0 Å². The number of hydrogen-bond acceptors (Lipinski definition) is 3. The van der Waals surface area contributed by atoms with Crippen LogP contribution in [0, 0.1) is 5.41 Å². The molecule has 1 heterocycles. The lowest BCUT2D eigenvalue weighted by atomic mass is 9.77. The molecular weight excluding hydrogens is 204 g/mol. The second-order valence-electron chi connectivity index (χ2n) is 5.77. The van der Waals surface area contributed by atoms with Crippen molar-refractivity contribution in [2.45, 2.75) is 71.9 Å². The molecule has 0 aromatic carbocycles. The largest absolute Gasteiger partial charge is 0.392 e. The lowest BCUT2D eigenvalue weighted by Gasteiger charge is -2.45. The van der Waals surface area contributed by atoms with E-state index in [1.165, 1.54) is 0 Å². The molecule has 0 aromatic rings. The highest BCUT2D eigenvalue weighted by Gasteiger charge is 2.42. The van der Waals surface area contributed by atoms with Crippen LogP contribution in [-0.2, 0) is 9.47 Å². The highest BCUT2D eigenvalue weighted by atomic mass is 16.7. The Morgan fingerprint density at radius 3 is 2.56 bits per heavy atom. The first kappa shape index (κ1) is 13.9. The van der Waals surface area contributed by atoms with Gasteiger partial charge in [-0.3, -0.25) is 0 Å². The second-order valence-corrected chi connectivity index (χ2v) is 5.77. The first-order valence-electron chi connectivity index (χ1n) is 6.29. The highest BCUT2D eigenvalue weighted by molar-refractivity contribution is 4.88. The number of ether oxygens (including phenoxy) is 2. The summed E-state index contributed by atoms with van der Waals surface area (Å²) in [6.07, 6.45) is 2.44. The molecule has 1 rings (SSSR count). The van der Waals surface area contributed by atoms with Crippen LogP contribution in [0.5, 0.6) is 0 Å². The molecule has 3 nitrogen and oxygen atoms in total. The fraction of sp³-hybridized carbons (Fsp3) is 1.00. The Morgan fingerprint density at radius 2 is 2.06 bits per heavy atom. The van der Waals surface area contributed by atoms with Gasteiger partial charge in [-0.2, -0.15) is 0 Å². The zero-order chi connectivity index (χ0) is 12.4. The molecule has 16 heavy (non-hydrogen) atoms. The van der Waals surface area contributed by atoms with E-state index in [4.69, 9.17) is 9.47 Å². The Hall–Kier alpha value is -0.120. The molecule has 1 N–H and O–H groups in total. The molecule has 1 unspecified atom stereocenters. The summed E-state index contributed by atoms with van der Waals surface area (Å²) in [4.78, 5) is 0. The minimum absolute atomic E-state index is 0.0674. The fourth-order valence-electron chi connectivity index (χ4n) is 2.23. The Balaban J connectivity index is 2.67. The van der Waals surface area contributed by atoms with Crippen LogP contribution in [0.1, 0.15) is 53.9 Å². The lowest BCUT2D eigenvalue weighted by Crippen LogP contribution is -2.50. The molecule has 0 bridgehead atoms. The first-order valence-corrected chi connectivity index (χ1v) is 6.29. The third-order valence-corrected chi connectivity index (χ3v) is 3.51. The fourth-order valence-corrected chi connectivity index (χ4v) is 2.23. The van der Waals surface area contributed by atoms with E-state index in [0.29, 0.717) is 6.61 Å². The molecule has 0 amide bonds. The zero-order valence-corrected chi connectivity index (χ0v) is 11.2. The molecular formula is C13H26O3. The molecule has 2 atom stereocenters. The number of aliphatic hydroxyl groups is 1. The molecule has 0 saturated carbocycles. The van der Waals surface area contributed by atoms with Crippen LogP contribution < -0.4 is 0 Å². The van der Waals surface area contributed by atoms with E-state index in [-0.39, 0.29) is 17.6 Å². The minimum atomic E-state index is -0.522. The van der Waals surface area contributed by atoms with Crippen molar-refractivity contribution >= 4 is 0 Å². The second kappa shape index (κ2) is 5.03. The molecule has 0 aliphatic carbocycles. The predicted octanol–water partition coefficient (Wildman–Crippen LogP) is 2.72. The Morgan fingerprint density at radius 1 is 1.44 bits per heavy atom. The first-order chi connectivity index (χ1) is 7.29. The summed E-state index contributed by atoms with van der Waals surface area (Å²) < 4.78 is 11.5.